The third-order valence-corrected chi connectivity index (χ3v) is 4.61. The zero-order valence-electron chi connectivity index (χ0n) is 14.6. The van der Waals surface area contributed by atoms with Crippen molar-refractivity contribution in [1.82, 2.24) is 0 Å². The van der Waals surface area contributed by atoms with Gasteiger partial charge in [0.2, 0.25) is 0 Å². The lowest BCUT2D eigenvalue weighted by atomic mass is 9.91. The van der Waals surface area contributed by atoms with Crippen molar-refractivity contribution < 1.29 is 13.6 Å². The van der Waals surface area contributed by atoms with E-state index in [0.29, 0.717) is 12.0 Å². The monoisotopic (exact) mass is 350 g/mol. The first-order valence-corrected chi connectivity index (χ1v) is 8.66. The number of Topliss-reactive ketones (excluding diaryl/α,β-unsaturated/α-hetero) is 1. The van der Waals surface area contributed by atoms with Crippen molar-refractivity contribution in [3.05, 3.63) is 95.6 Å². The molecule has 0 amide bonds. The summed E-state index contributed by atoms with van der Waals surface area (Å²) < 4.78 is 27.8. The number of carbonyl (C=O) groups excluding carboxylic acids is 1. The van der Waals surface area contributed by atoms with Crippen LogP contribution >= 0.6 is 0 Å². The zero-order chi connectivity index (χ0) is 18.5. The van der Waals surface area contributed by atoms with Gasteiger partial charge in [0.1, 0.15) is 17.4 Å². The topological polar surface area (TPSA) is 17.1 Å². The number of halogens is 2. The molecule has 0 spiro atoms. The highest BCUT2D eigenvalue weighted by Crippen LogP contribution is 2.27. The molecule has 3 aromatic rings. The second-order valence-corrected chi connectivity index (χ2v) is 6.42. The summed E-state index contributed by atoms with van der Waals surface area (Å²) in [7, 11) is 0. The molecule has 3 aromatic carbocycles. The van der Waals surface area contributed by atoms with Gasteiger partial charge in [-0.25, -0.2) is 8.78 Å². The fourth-order valence-corrected chi connectivity index (χ4v) is 3.04. The third kappa shape index (κ3) is 4.23. The van der Waals surface area contributed by atoms with Crippen LogP contribution in [0.25, 0.3) is 11.1 Å². The van der Waals surface area contributed by atoms with E-state index in [1.54, 1.807) is 25.1 Å². The van der Waals surface area contributed by atoms with Crippen LogP contribution < -0.4 is 0 Å². The average Bonchev–Trinajstić information content (AvgIpc) is 2.66. The van der Waals surface area contributed by atoms with E-state index in [4.69, 9.17) is 0 Å². The molecular weight excluding hydrogens is 330 g/mol. The van der Waals surface area contributed by atoms with E-state index >= 15 is 0 Å². The molecule has 0 saturated heterocycles. The van der Waals surface area contributed by atoms with Crippen LogP contribution in [0, 0.1) is 11.6 Å². The number of ketones is 1. The van der Waals surface area contributed by atoms with Gasteiger partial charge in [-0.15, -0.1) is 0 Å². The molecule has 1 atom stereocenters. The maximum Gasteiger partial charge on any atom is 0.140 e. The summed E-state index contributed by atoms with van der Waals surface area (Å²) in [5, 5.41) is 0. The standard InChI is InChI=1S/C23H20F2O/c1-16(23(26)13-10-17-6-5-9-20(24)14-17)21-12-11-19(15-22(21)25)18-7-3-2-4-8-18/h2-9,11-12,14-16H,10,13H2,1H3. The highest BCUT2D eigenvalue weighted by atomic mass is 19.1. The van der Waals surface area contributed by atoms with Gasteiger partial charge < -0.3 is 0 Å². The van der Waals surface area contributed by atoms with Crippen molar-refractivity contribution in [2.45, 2.75) is 25.7 Å². The van der Waals surface area contributed by atoms with E-state index in [0.717, 1.165) is 16.7 Å². The summed E-state index contributed by atoms with van der Waals surface area (Å²) in [6.45, 7) is 1.72. The Morgan fingerprint density at radius 1 is 0.885 bits per heavy atom. The molecule has 0 aromatic heterocycles. The number of carbonyl (C=O) groups is 1. The lowest BCUT2D eigenvalue weighted by Crippen LogP contribution is -2.12. The summed E-state index contributed by atoms with van der Waals surface area (Å²) in [6, 6.07) is 20.8. The summed E-state index contributed by atoms with van der Waals surface area (Å²) in [6.07, 6.45) is 0.704. The van der Waals surface area contributed by atoms with Gasteiger partial charge in [0.05, 0.1) is 0 Å². The predicted octanol–water partition coefficient (Wildman–Crippen LogP) is 5.94. The Morgan fingerprint density at radius 3 is 2.35 bits per heavy atom. The Kier molecular flexibility index (Phi) is 5.57. The van der Waals surface area contributed by atoms with E-state index in [1.807, 2.05) is 36.4 Å². The molecule has 0 aliphatic heterocycles. The van der Waals surface area contributed by atoms with Crippen molar-refractivity contribution >= 4 is 5.78 Å². The molecule has 132 valence electrons. The van der Waals surface area contributed by atoms with Crippen LogP contribution in [0.5, 0.6) is 0 Å². The van der Waals surface area contributed by atoms with Gasteiger partial charge in [0.25, 0.3) is 0 Å². The fraction of sp³-hybridized carbons (Fsp3) is 0.174. The molecule has 1 unspecified atom stereocenters. The molecule has 3 heteroatoms. The summed E-state index contributed by atoms with van der Waals surface area (Å²) >= 11 is 0. The van der Waals surface area contributed by atoms with Crippen LogP contribution in [0.15, 0.2) is 72.8 Å². The van der Waals surface area contributed by atoms with Crippen LogP contribution in [0.1, 0.15) is 30.4 Å². The van der Waals surface area contributed by atoms with Crippen LogP contribution in [-0.4, -0.2) is 5.78 Å². The van der Waals surface area contributed by atoms with Crippen LogP contribution in [0.4, 0.5) is 8.78 Å². The molecule has 0 N–H and O–H groups in total. The number of aryl methyl sites for hydroxylation is 1. The maximum atomic E-state index is 14.6. The lowest BCUT2D eigenvalue weighted by Gasteiger charge is -2.13. The van der Waals surface area contributed by atoms with Gasteiger partial charge in [-0.3, -0.25) is 4.79 Å². The van der Waals surface area contributed by atoms with Gasteiger partial charge in [-0.2, -0.15) is 0 Å². The second kappa shape index (κ2) is 8.05. The van der Waals surface area contributed by atoms with E-state index in [2.05, 4.69) is 0 Å². The Labute approximate surface area is 152 Å². The Balaban J connectivity index is 1.70. The third-order valence-electron chi connectivity index (χ3n) is 4.61. The van der Waals surface area contributed by atoms with Crippen molar-refractivity contribution in [3.8, 4) is 11.1 Å². The van der Waals surface area contributed by atoms with Crippen LogP contribution in [-0.2, 0) is 11.2 Å². The molecule has 0 saturated carbocycles. The molecular formula is C23H20F2O. The Hall–Kier alpha value is -2.81. The second-order valence-electron chi connectivity index (χ2n) is 6.42. The first-order chi connectivity index (χ1) is 12.5. The molecule has 26 heavy (non-hydrogen) atoms. The number of benzene rings is 3. The highest BCUT2D eigenvalue weighted by molar-refractivity contribution is 5.85. The molecule has 1 nitrogen and oxygen atoms in total. The smallest absolute Gasteiger partial charge is 0.140 e. The van der Waals surface area contributed by atoms with E-state index in [9.17, 15) is 13.6 Å². The molecule has 0 radical (unpaired) electrons. The molecule has 0 bridgehead atoms. The quantitative estimate of drug-likeness (QED) is 0.538. The molecule has 3 rings (SSSR count). The molecule has 0 aliphatic carbocycles. The molecule has 0 fully saturated rings. The zero-order valence-corrected chi connectivity index (χ0v) is 14.6. The number of hydrogen-bond donors (Lipinski definition) is 0. The van der Waals surface area contributed by atoms with Gasteiger partial charge in [-0.05, 0) is 46.9 Å². The summed E-state index contributed by atoms with van der Waals surface area (Å²) in [4.78, 5) is 12.4. The minimum absolute atomic E-state index is 0.0550. The average molecular weight is 350 g/mol. The Morgan fingerprint density at radius 2 is 1.65 bits per heavy atom. The summed E-state index contributed by atoms with van der Waals surface area (Å²) in [5.41, 5.74) is 2.88. The predicted molar refractivity (Wildman–Crippen MR) is 100.0 cm³/mol. The van der Waals surface area contributed by atoms with Gasteiger partial charge in [0, 0.05) is 12.3 Å². The first-order valence-electron chi connectivity index (χ1n) is 8.66. The largest absolute Gasteiger partial charge is 0.299 e. The van der Waals surface area contributed by atoms with Gasteiger partial charge in [0.15, 0.2) is 0 Å². The van der Waals surface area contributed by atoms with E-state index < -0.39 is 5.92 Å². The van der Waals surface area contributed by atoms with Gasteiger partial charge >= 0.3 is 0 Å². The van der Waals surface area contributed by atoms with Crippen LogP contribution in [0.2, 0.25) is 0 Å². The van der Waals surface area contributed by atoms with Gasteiger partial charge in [-0.1, -0.05) is 61.5 Å². The molecule has 0 aliphatic rings. The minimum atomic E-state index is -0.534. The highest BCUT2D eigenvalue weighted by Gasteiger charge is 2.19. The van der Waals surface area contributed by atoms with Crippen molar-refractivity contribution in [2.75, 3.05) is 0 Å². The van der Waals surface area contributed by atoms with Crippen molar-refractivity contribution in [2.24, 2.45) is 0 Å². The number of hydrogen-bond acceptors (Lipinski definition) is 1. The number of rotatable bonds is 6. The van der Waals surface area contributed by atoms with Crippen LogP contribution in [0.3, 0.4) is 0 Å². The van der Waals surface area contributed by atoms with Crippen molar-refractivity contribution in [1.29, 1.82) is 0 Å². The maximum absolute atomic E-state index is 14.6. The van der Waals surface area contributed by atoms with E-state index in [-0.39, 0.29) is 23.8 Å². The Bertz CT molecular complexity index is 903. The lowest BCUT2D eigenvalue weighted by molar-refractivity contribution is -0.120. The first kappa shape index (κ1) is 18.0. The normalized spacial score (nSPS) is 12.0. The summed E-state index contributed by atoms with van der Waals surface area (Å²) in [5.74, 6) is -1.28. The van der Waals surface area contributed by atoms with E-state index in [1.165, 1.54) is 18.2 Å². The molecule has 0 heterocycles. The fourth-order valence-electron chi connectivity index (χ4n) is 3.04. The minimum Gasteiger partial charge on any atom is -0.299 e. The van der Waals surface area contributed by atoms with Crippen molar-refractivity contribution in [3.63, 3.8) is 0 Å². The SMILES string of the molecule is CC(C(=O)CCc1cccc(F)c1)c1ccc(-c2ccccc2)cc1F.